The van der Waals surface area contributed by atoms with Crippen LogP contribution in [0, 0.1) is 12.7 Å². The highest BCUT2D eigenvalue weighted by atomic mass is 32.2. The van der Waals surface area contributed by atoms with Crippen LogP contribution in [0.15, 0.2) is 47.6 Å². The molecule has 6 nitrogen and oxygen atoms in total. The number of carbonyl (C=O) groups excluding carboxylic acids is 1. The van der Waals surface area contributed by atoms with E-state index in [4.69, 9.17) is 15.6 Å². The molecule has 0 unspecified atom stereocenters. The van der Waals surface area contributed by atoms with Gasteiger partial charge in [-0.1, -0.05) is 0 Å². The van der Waals surface area contributed by atoms with Crippen molar-refractivity contribution in [1.82, 2.24) is 4.98 Å². The number of halogens is 4. The normalized spacial score (nSPS) is 11.4. The molecule has 0 aliphatic heterocycles. The number of thioether (sulfide) groups is 1. The van der Waals surface area contributed by atoms with E-state index >= 15 is 0 Å². The quantitative estimate of drug-likeness (QED) is 0.205. The van der Waals surface area contributed by atoms with Crippen LogP contribution in [-0.2, 0) is 11.0 Å². The molecule has 0 radical (unpaired) electrons. The maximum atomic E-state index is 14.1. The topological polar surface area (TPSA) is 103 Å². The van der Waals surface area contributed by atoms with Crippen LogP contribution in [0.25, 0.3) is 22.3 Å². The van der Waals surface area contributed by atoms with Crippen molar-refractivity contribution in [3.8, 4) is 28.0 Å². The highest BCUT2D eigenvalue weighted by Gasteiger charge is 2.36. The van der Waals surface area contributed by atoms with Crippen LogP contribution in [-0.4, -0.2) is 34.8 Å². The summed E-state index contributed by atoms with van der Waals surface area (Å²) in [6.45, 7) is 1.24. The molecule has 0 fully saturated rings. The van der Waals surface area contributed by atoms with Crippen LogP contribution >= 0.6 is 11.8 Å². The summed E-state index contributed by atoms with van der Waals surface area (Å²) in [7, 11) is 1.33. The van der Waals surface area contributed by atoms with E-state index in [2.05, 4.69) is 4.98 Å². The van der Waals surface area contributed by atoms with Crippen molar-refractivity contribution in [3.05, 3.63) is 65.2 Å². The summed E-state index contributed by atoms with van der Waals surface area (Å²) in [6, 6.07) is 6.12. The Balaban J connectivity index is 2.33. The molecule has 0 saturated carbocycles. The van der Waals surface area contributed by atoms with Gasteiger partial charge in [-0.2, -0.15) is 13.2 Å². The van der Waals surface area contributed by atoms with E-state index < -0.39 is 29.4 Å². The van der Waals surface area contributed by atoms with Crippen LogP contribution in [0.1, 0.15) is 34.3 Å². The predicted molar refractivity (Wildman–Crippen MR) is 127 cm³/mol. The van der Waals surface area contributed by atoms with Gasteiger partial charge in [-0.3, -0.25) is 14.6 Å². The molecule has 0 bridgehead atoms. The maximum Gasteiger partial charge on any atom is 0.416 e. The van der Waals surface area contributed by atoms with Crippen LogP contribution in [0.4, 0.5) is 17.6 Å². The molecule has 190 valence electrons. The molecule has 3 rings (SSSR count). The molecule has 0 spiro atoms. The number of amides is 1. The third-order valence-electron chi connectivity index (χ3n) is 5.44. The summed E-state index contributed by atoms with van der Waals surface area (Å²) >= 11 is 0.918. The average molecular weight is 523 g/mol. The highest BCUT2D eigenvalue weighted by Crippen LogP contribution is 2.46. The fraction of sp³-hybridized carbons (Fsp3) is 0.240. The number of rotatable bonds is 9. The van der Waals surface area contributed by atoms with Crippen LogP contribution in [0.3, 0.4) is 0 Å². The minimum absolute atomic E-state index is 0.0262. The van der Waals surface area contributed by atoms with Crippen LogP contribution < -0.4 is 10.5 Å². The molecule has 3 aromatic rings. The van der Waals surface area contributed by atoms with E-state index in [-0.39, 0.29) is 51.5 Å². The molecule has 11 heteroatoms. The Morgan fingerprint density at radius 2 is 1.86 bits per heavy atom. The summed E-state index contributed by atoms with van der Waals surface area (Å²) in [4.78, 5) is 27.5. The van der Waals surface area contributed by atoms with Crippen molar-refractivity contribution in [3.63, 3.8) is 0 Å². The minimum atomic E-state index is -4.75. The number of carboxylic acid groups (broad SMARTS) is 1. The molecule has 1 heterocycles. The third kappa shape index (κ3) is 5.78. The number of ether oxygens (including phenoxy) is 1. The van der Waals surface area contributed by atoms with E-state index in [0.717, 1.165) is 23.9 Å². The first-order valence-corrected chi connectivity index (χ1v) is 11.6. The molecule has 1 amide bonds. The zero-order valence-corrected chi connectivity index (χ0v) is 20.1. The molecular formula is C25H22F4N2O4S. The van der Waals surface area contributed by atoms with Gasteiger partial charge in [0, 0.05) is 46.5 Å². The van der Waals surface area contributed by atoms with Gasteiger partial charge in [-0.25, -0.2) is 4.39 Å². The molecule has 3 N–H and O–H groups in total. The van der Waals surface area contributed by atoms with E-state index in [1.807, 2.05) is 0 Å². The first kappa shape index (κ1) is 27.0. The van der Waals surface area contributed by atoms with Gasteiger partial charge in [0.2, 0.25) is 5.91 Å². The standard InChI is InChI=1S/C25H22F4N2O4S/c1-13-18(25(27,28)29)11-20(36-9-3-4-21(32)33)23(24(30)34)22(13)17-12-31-8-7-15(17)16-6-5-14(26)10-19(16)35-2/h5-8,10-12H,3-4,9H2,1-2H3,(H2,30,34)(H,32,33). The molecule has 0 saturated heterocycles. The van der Waals surface area contributed by atoms with Crippen molar-refractivity contribution >= 4 is 23.6 Å². The van der Waals surface area contributed by atoms with Gasteiger partial charge in [0.1, 0.15) is 11.6 Å². The average Bonchev–Trinajstić information content (AvgIpc) is 2.81. The zero-order chi connectivity index (χ0) is 26.6. The summed E-state index contributed by atoms with van der Waals surface area (Å²) in [6.07, 6.45) is -2.03. The molecule has 0 aliphatic carbocycles. The number of primary amides is 1. The number of hydrogen-bond acceptors (Lipinski definition) is 5. The van der Waals surface area contributed by atoms with E-state index in [1.54, 1.807) is 0 Å². The Hall–Kier alpha value is -3.60. The number of carbonyl (C=O) groups is 2. The molecule has 0 aliphatic rings. The Morgan fingerprint density at radius 3 is 2.47 bits per heavy atom. The number of nitrogens with zero attached hydrogens (tertiary/aromatic N) is 1. The number of aliphatic carboxylic acids is 1. The van der Waals surface area contributed by atoms with Crippen LogP contribution in [0.2, 0.25) is 0 Å². The highest BCUT2D eigenvalue weighted by molar-refractivity contribution is 7.99. The third-order valence-corrected chi connectivity index (χ3v) is 6.57. The second kappa shape index (κ2) is 11.0. The van der Waals surface area contributed by atoms with Gasteiger partial charge >= 0.3 is 12.1 Å². The monoisotopic (exact) mass is 522 g/mol. The molecular weight excluding hydrogens is 500 g/mol. The maximum absolute atomic E-state index is 14.1. The van der Waals surface area contributed by atoms with Crippen molar-refractivity contribution < 1.29 is 37.0 Å². The number of nitrogens with two attached hydrogens (primary N) is 1. The number of methoxy groups -OCH3 is 1. The number of carboxylic acids is 1. The lowest BCUT2D eigenvalue weighted by Crippen LogP contribution is -2.18. The fourth-order valence-corrected chi connectivity index (χ4v) is 4.92. The molecule has 36 heavy (non-hydrogen) atoms. The predicted octanol–water partition coefficient (Wildman–Crippen LogP) is 5.95. The van der Waals surface area contributed by atoms with Crippen molar-refractivity contribution in [1.29, 1.82) is 0 Å². The number of pyridine rings is 1. The Labute approximate surface area is 208 Å². The van der Waals surface area contributed by atoms with Gasteiger partial charge in [0.15, 0.2) is 0 Å². The number of benzene rings is 2. The fourth-order valence-electron chi connectivity index (χ4n) is 3.87. The van der Waals surface area contributed by atoms with Crippen molar-refractivity contribution in [2.45, 2.75) is 30.8 Å². The zero-order valence-electron chi connectivity index (χ0n) is 19.3. The SMILES string of the molecule is COc1cc(F)ccc1-c1ccncc1-c1c(C)c(C(F)(F)F)cc(SCCCC(=O)O)c1C(N)=O. The lowest BCUT2D eigenvalue weighted by molar-refractivity contribution is -0.138. The first-order valence-electron chi connectivity index (χ1n) is 10.6. The summed E-state index contributed by atoms with van der Waals surface area (Å²) in [5.74, 6) is -2.28. The van der Waals surface area contributed by atoms with Gasteiger partial charge in [-0.15, -0.1) is 11.8 Å². The van der Waals surface area contributed by atoms with E-state index in [1.165, 1.54) is 44.6 Å². The largest absolute Gasteiger partial charge is 0.496 e. The second-order valence-electron chi connectivity index (χ2n) is 7.77. The van der Waals surface area contributed by atoms with Crippen molar-refractivity contribution in [2.24, 2.45) is 5.73 Å². The molecule has 0 atom stereocenters. The van der Waals surface area contributed by atoms with Gasteiger partial charge in [0.25, 0.3) is 0 Å². The molecule has 2 aromatic carbocycles. The Bertz CT molecular complexity index is 1310. The lowest BCUT2D eigenvalue weighted by Gasteiger charge is -2.22. The Morgan fingerprint density at radius 1 is 1.14 bits per heavy atom. The molecule has 1 aromatic heterocycles. The lowest BCUT2D eigenvalue weighted by atomic mass is 9.87. The minimum Gasteiger partial charge on any atom is -0.496 e. The van der Waals surface area contributed by atoms with Crippen molar-refractivity contribution in [2.75, 3.05) is 12.9 Å². The smallest absolute Gasteiger partial charge is 0.416 e. The second-order valence-corrected chi connectivity index (χ2v) is 8.91. The number of aromatic nitrogens is 1. The summed E-state index contributed by atoms with van der Waals surface area (Å²) < 4.78 is 61.3. The van der Waals surface area contributed by atoms with E-state index in [0.29, 0.717) is 11.1 Å². The summed E-state index contributed by atoms with van der Waals surface area (Å²) in [5.41, 5.74) is 5.17. The van der Waals surface area contributed by atoms with E-state index in [9.17, 15) is 27.2 Å². The van der Waals surface area contributed by atoms with Crippen LogP contribution in [0.5, 0.6) is 5.75 Å². The summed E-state index contributed by atoms with van der Waals surface area (Å²) in [5, 5.41) is 8.86. The van der Waals surface area contributed by atoms with Gasteiger partial charge in [0.05, 0.1) is 18.2 Å². The number of alkyl halides is 3. The van der Waals surface area contributed by atoms with Gasteiger partial charge in [-0.05, 0) is 54.5 Å². The van der Waals surface area contributed by atoms with Gasteiger partial charge < -0.3 is 15.6 Å². The first-order chi connectivity index (χ1) is 17.0. The number of hydrogen-bond donors (Lipinski definition) is 2. The Kier molecular flexibility index (Phi) is 8.24.